The monoisotopic (exact) mass is 198 g/mol. The Balaban J connectivity index is 0.000001000. The lowest BCUT2D eigenvalue weighted by atomic mass is 10.4. The third-order valence-corrected chi connectivity index (χ3v) is 1.46. The van der Waals surface area contributed by atoms with Crippen molar-refractivity contribution < 1.29 is 4.39 Å². The van der Waals surface area contributed by atoms with Gasteiger partial charge < -0.3 is 0 Å². The molecule has 0 saturated carbocycles. The van der Waals surface area contributed by atoms with Gasteiger partial charge in [0.1, 0.15) is 6.67 Å². The Kier molecular flexibility index (Phi) is 5.24. The molecule has 0 saturated heterocycles. The number of hydrogen-bond donors (Lipinski definition) is 0. The highest BCUT2D eigenvalue weighted by Gasteiger charge is 1.94. The van der Waals surface area contributed by atoms with Crippen LogP contribution in [0.2, 0.25) is 0 Å². The van der Waals surface area contributed by atoms with E-state index in [-0.39, 0.29) is 19.1 Å². The molecule has 0 radical (unpaired) electrons. The summed E-state index contributed by atoms with van der Waals surface area (Å²) in [5, 5.41) is 3.87. The molecule has 2 nitrogen and oxygen atoms in total. The van der Waals surface area contributed by atoms with Crippen molar-refractivity contribution in [3.8, 4) is 0 Å². The Labute approximate surface area is 75.8 Å². The highest BCUT2D eigenvalue weighted by Crippen LogP contribution is 2.00. The van der Waals surface area contributed by atoms with Crippen LogP contribution in [0.5, 0.6) is 0 Å². The van der Waals surface area contributed by atoms with Crippen LogP contribution in [0.4, 0.5) is 4.39 Å². The van der Waals surface area contributed by atoms with Gasteiger partial charge in [0, 0.05) is 11.8 Å². The number of hydrogen-bond acceptors (Lipinski definition) is 1. The molecule has 5 heteroatoms. The molecule has 1 heterocycles. The van der Waals surface area contributed by atoms with E-state index in [9.17, 15) is 4.39 Å². The predicted octanol–water partition coefficient (Wildman–Crippen LogP) is 2.01. The molecule has 0 aliphatic carbocycles. The smallest absolute Gasteiger partial charge is 0.109 e. The quantitative estimate of drug-likeness (QED) is 0.681. The third-order valence-electron chi connectivity index (χ3n) is 1.15. The van der Waals surface area contributed by atoms with Gasteiger partial charge in [-0.05, 0) is 0 Å². The molecule has 0 unspecified atom stereocenters. The van der Waals surface area contributed by atoms with E-state index in [1.165, 1.54) is 4.68 Å². The summed E-state index contributed by atoms with van der Waals surface area (Å²) in [7, 11) is 0. The van der Waals surface area contributed by atoms with Crippen molar-refractivity contribution in [2.75, 3.05) is 6.67 Å². The van der Waals surface area contributed by atoms with Crippen molar-refractivity contribution >= 4 is 24.0 Å². The molecular weight excluding hydrogens is 190 g/mol. The highest BCUT2D eigenvalue weighted by atomic mass is 35.5. The fourth-order valence-corrected chi connectivity index (χ4v) is 0.822. The minimum Gasteiger partial charge on any atom is -0.270 e. The zero-order valence-corrected chi connectivity index (χ0v) is 7.41. The number of rotatable bonds is 3. The molecule has 0 aliphatic rings. The van der Waals surface area contributed by atoms with Gasteiger partial charge in [-0.25, -0.2) is 4.39 Å². The van der Waals surface area contributed by atoms with Gasteiger partial charge in [-0.3, -0.25) is 4.68 Å². The molecule has 0 spiro atoms. The normalized spacial score (nSPS) is 9.27. The molecule has 0 N–H and O–H groups in total. The molecular formula is C6H9Cl2FN2. The van der Waals surface area contributed by atoms with Gasteiger partial charge in [0.2, 0.25) is 0 Å². The second-order valence-corrected chi connectivity index (χ2v) is 2.20. The van der Waals surface area contributed by atoms with Crippen molar-refractivity contribution in [2.24, 2.45) is 0 Å². The summed E-state index contributed by atoms with van der Waals surface area (Å²) in [6.45, 7) is -0.0692. The lowest BCUT2D eigenvalue weighted by molar-refractivity contribution is 0.427. The largest absolute Gasteiger partial charge is 0.270 e. The van der Waals surface area contributed by atoms with Gasteiger partial charge in [-0.1, -0.05) is 0 Å². The maximum atomic E-state index is 11.7. The standard InChI is InChI=1S/C6H8ClFN2.ClH/c7-3-6-4-9-10(5-6)2-1-8;/h4-5H,1-3H2;1H. The number of nitrogens with zero attached hydrogens (tertiary/aromatic N) is 2. The third kappa shape index (κ3) is 3.08. The number of aromatic nitrogens is 2. The average Bonchev–Trinajstić information content (AvgIpc) is 2.37. The summed E-state index contributed by atoms with van der Waals surface area (Å²) >= 11 is 5.49. The lowest BCUT2D eigenvalue weighted by Crippen LogP contribution is -1.98. The fourth-order valence-electron chi connectivity index (χ4n) is 0.684. The van der Waals surface area contributed by atoms with Gasteiger partial charge in [0.25, 0.3) is 0 Å². The van der Waals surface area contributed by atoms with E-state index in [0.29, 0.717) is 12.4 Å². The summed E-state index contributed by atoms with van der Waals surface area (Å²) in [6.07, 6.45) is 3.38. The van der Waals surface area contributed by atoms with Crippen LogP contribution in [0.1, 0.15) is 5.56 Å². The zero-order chi connectivity index (χ0) is 7.40. The number of halogens is 3. The van der Waals surface area contributed by atoms with Crippen molar-refractivity contribution in [2.45, 2.75) is 12.4 Å². The molecule has 11 heavy (non-hydrogen) atoms. The Bertz CT molecular complexity index is 202. The first-order valence-corrected chi connectivity index (χ1v) is 3.53. The van der Waals surface area contributed by atoms with Crippen LogP contribution in [0.3, 0.4) is 0 Å². The van der Waals surface area contributed by atoms with Crippen molar-refractivity contribution in [3.63, 3.8) is 0 Å². The topological polar surface area (TPSA) is 17.8 Å². The van der Waals surface area contributed by atoms with E-state index < -0.39 is 0 Å². The number of alkyl halides is 2. The van der Waals surface area contributed by atoms with E-state index >= 15 is 0 Å². The Morgan fingerprint density at radius 2 is 2.36 bits per heavy atom. The zero-order valence-electron chi connectivity index (χ0n) is 5.83. The van der Waals surface area contributed by atoms with Crippen LogP contribution in [-0.2, 0) is 12.4 Å². The van der Waals surface area contributed by atoms with Gasteiger partial charge in [0.05, 0.1) is 18.6 Å². The van der Waals surface area contributed by atoms with E-state index in [1.807, 2.05) is 0 Å². The SMILES string of the molecule is Cl.FCCn1cc(CCl)cn1. The molecule has 1 aromatic heterocycles. The summed E-state index contributed by atoms with van der Waals surface area (Å²) in [6, 6.07) is 0. The molecule has 1 rings (SSSR count). The summed E-state index contributed by atoms with van der Waals surface area (Å²) in [5.74, 6) is 0.437. The first kappa shape index (κ1) is 10.7. The fraction of sp³-hybridized carbons (Fsp3) is 0.500. The summed E-state index contributed by atoms with van der Waals surface area (Å²) < 4.78 is 13.2. The maximum absolute atomic E-state index is 11.7. The van der Waals surface area contributed by atoms with Crippen LogP contribution in [0.25, 0.3) is 0 Å². The van der Waals surface area contributed by atoms with E-state index in [4.69, 9.17) is 11.6 Å². The van der Waals surface area contributed by atoms with Crippen LogP contribution < -0.4 is 0 Å². The van der Waals surface area contributed by atoms with Gasteiger partial charge >= 0.3 is 0 Å². The molecule has 0 aromatic carbocycles. The Morgan fingerprint density at radius 3 is 2.82 bits per heavy atom. The average molecular weight is 199 g/mol. The molecule has 1 aromatic rings. The minimum atomic E-state index is -0.386. The van der Waals surface area contributed by atoms with Crippen molar-refractivity contribution in [3.05, 3.63) is 18.0 Å². The van der Waals surface area contributed by atoms with Gasteiger partial charge in [-0.15, -0.1) is 24.0 Å². The summed E-state index contributed by atoms with van der Waals surface area (Å²) in [4.78, 5) is 0. The molecule has 0 fully saturated rings. The van der Waals surface area contributed by atoms with Crippen LogP contribution in [-0.4, -0.2) is 16.5 Å². The second-order valence-electron chi connectivity index (χ2n) is 1.93. The van der Waals surface area contributed by atoms with E-state index in [2.05, 4.69) is 5.10 Å². The highest BCUT2D eigenvalue weighted by molar-refractivity contribution is 6.17. The number of aryl methyl sites for hydroxylation is 1. The molecule has 0 aliphatic heterocycles. The van der Waals surface area contributed by atoms with E-state index in [1.54, 1.807) is 12.4 Å². The van der Waals surface area contributed by atoms with Crippen LogP contribution >= 0.6 is 24.0 Å². The van der Waals surface area contributed by atoms with Crippen LogP contribution in [0, 0.1) is 0 Å². The van der Waals surface area contributed by atoms with E-state index in [0.717, 1.165) is 5.56 Å². The second kappa shape index (κ2) is 5.38. The minimum absolute atomic E-state index is 0. The Hall–Kier alpha value is -0.280. The molecule has 0 atom stereocenters. The molecule has 64 valence electrons. The molecule has 0 amide bonds. The van der Waals surface area contributed by atoms with Gasteiger partial charge in [0.15, 0.2) is 0 Å². The van der Waals surface area contributed by atoms with Crippen molar-refractivity contribution in [1.29, 1.82) is 0 Å². The molecule has 0 bridgehead atoms. The maximum Gasteiger partial charge on any atom is 0.109 e. The lowest BCUT2D eigenvalue weighted by Gasteiger charge is -1.91. The Morgan fingerprint density at radius 1 is 1.64 bits per heavy atom. The summed E-state index contributed by atoms with van der Waals surface area (Å²) in [5.41, 5.74) is 0.926. The predicted molar refractivity (Wildman–Crippen MR) is 45.0 cm³/mol. The first-order valence-electron chi connectivity index (χ1n) is 3.00. The first-order chi connectivity index (χ1) is 4.86. The van der Waals surface area contributed by atoms with Crippen molar-refractivity contribution in [1.82, 2.24) is 9.78 Å². The van der Waals surface area contributed by atoms with Gasteiger partial charge in [-0.2, -0.15) is 5.10 Å². The van der Waals surface area contributed by atoms with Crippen LogP contribution in [0.15, 0.2) is 12.4 Å².